The number of aromatic nitrogens is 2. The molecule has 3 atom stereocenters. The Morgan fingerprint density at radius 2 is 1.79 bits per heavy atom. The maximum atomic E-state index is 12.6. The van der Waals surface area contributed by atoms with Crippen molar-refractivity contribution in [2.24, 2.45) is 17.2 Å². The molecule has 10 N–H and O–H groups in total. The van der Waals surface area contributed by atoms with Gasteiger partial charge in [-0.2, -0.15) is 0 Å². The van der Waals surface area contributed by atoms with Crippen LogP contribution in [-0.2, 0) is 25.6 Å². The Bertz CT molecular complexity index is 680. The lowest BCUT2D eigenvalue weighted by atomic mass is 10.1. The number of amides is 3. The summed E-state index contributed by atoms with van der Waals surface area (Å²) < 4.78 is 0. The van der Waals surface area contributed by atoms with Gasteiger partial charge in [-0.25, -0.2) is 9.78 Å². The van der Waals surface area contributed by atoms with Crippen LogP contribution in [-0.4, -0.2) is 63.4 Å². The van der Waals surface area contributed by atoms with Gasteiger partial charge in [0.05, 0.1) is 12.4 Å². The van der Waals surface area contributed by atoms with Crippen LogP contribution >= 0.6 is 0 Å². The van der Waals surface area contributed by atoms with Crippen LogP contribution in [0.3, 0.4) is 0 Å². The van der Waals surface area contributed by atoms with Gasteiger partial charge in [0.2, 0.25) is 17.7 Å². The number of aliphatic carboxylic acids is 1. The lowest BCUT2D eigenvalue weighted by Gasteiger charge is -2.22. The molecule has 3 unspecified atom stereocenters. The molecular formula is C17H29N7O5. The zero-order valence-corrected chi connectivity index (χ0v) is 16.1. The van der Waals surface area contributed by atoms with Crippen LogP contribution in [0.4, 0.5) is 0 Å². The summed E-state index contributed by atoms with van der Waals surface area (Å²) in [6, 6.07) is -3.26. The van der Waals surface area contributed by atoms with E-state index in [1.54, 1.807) is 0 Å². The fourth-order valence-corrected chi connectivity index (χ4v) is 2.56. The average Bonchev–Trinajstić information content (AvgIpc) is 3.17. The molecule has 162 valence electrons. The van der Waals surface area contributed by atoms with Gasteiger partial charge in [0.15, 0.2) is 0 Å². The lowest BCUT2D eigenvalue weighted by molar-refractivity contribution is -0.142. The van der Waals surface area contributed by atoms with Crippen molar-refractivity contribution in [1.29, 1.82) is 0 Å². The number of unbranched alkanes of at least 4 members (excludes halogenated alkanes) is 1. The summed E-state index contributed by atoms with van der Waals surface area (Å²) in [5, 5.41) is 14.2. The molecule has 29 heavy (non-hydrogen) atoms. The third-order valence-corrected chi connectivity index (χ3v) is 4.21. The van der Waals surface area contributed by atoms with Gasteiger partial charge in [-0.05, 0) is 25.8 Å². The molecule has 0 aliphatic rings. The summed E-state index contributed by atoms with van der Waals surface area (Å²) >= 11 is 0. The number of primary amides is 1. The molecule has 1 aromatic heterocycles. The van der Waals surface area contributed by atoms with Crippen LogP contribution in [0.1, 0.15) is 37.8 Å². The minimum Gasteiger partial charge on any atom is -0.480 e. The maximum Gasteiger partial charge on any atom is 0.326 e. The molecule has 0 aliphatic carbocycles. The van der Waals surface area contributed by atoms with Gasteiger partial charge in [-0.1, -0.05) is 6.42 Å². The third kappa shape index (κ3) is 9.17. The molecule has 1 aromatic rings. The molecule has 0 saturated heterocycles. The summed E-state index contributed by atoms with van der Waals surface area (Å²) in [5.74, 6) is -3.24. The molecule has 1 rings (SSSR count). The number of H-pyrrole nitrogens is 1. The van der Waals surface area contributed by atoms with E-state index >= 15 is 0 Å². The van der Waals surface area contributed by atoms with Gasteiger partial charge in [0.1, 0.15) is 12.1 Å². The number of nitrogens with zero attached hydrogens (tertiary/aromatic N) is 1. The van der Waals surface area contributed by atoms with Crippen molar-refractivity contribution in [3.05, 3.63) is 18.2 Å². The van der Waals surface area contributed by atoms with Crippen molar-refractivity contribution in [3.8, 4) is 0 Å². The number of carboxylic acid groups (broad SMARTS) is 1. The molecular weight excluding hydrogens is 382 g/mol. The quantitative estimate of drug-likeness (QED) is 0.165. The molecule has 0 aromatic carbocycles. The summed E-state index contributed by atoms with van der Waals surface area (Å²) in [5.41, 5.74) is 16.9. The molecule has 12 nitrogen and oxygen atoms in total. The summed E-state index contributed by atoms with van der Waals surface area (Å²) in [6.45, 7) is 0.477. The second-order valence-electron chi connectivity index (χ2n) is 6.64. The van der Waals surface area contributed by atoms with E-state index in [1.807, 2.05) is 0 Å². The molecule has 0 saturated carbocycles. The van der Waals surface area contributed by atoms with Crippen LogP contribution < -0.4 is 27.8 Å². The number of nitrogens with one attached hydrogen (secondary N) is 3. The topological polar surface area (TPSA) is 219 Å². The van der Waals surface area contributed by atoms with E-state index in [4.69, 9.17) is 17.2 Å². The first kappa shape index (κ1) is 24.0. The molecule has 0 aliphatic heterocycles. The van der Waals surface area contributed by atoms with Crippen molar-refractivity contribution >= 4 is 23.7 Å². The number of rotatable bonds is 14. The van der Waals surface area contributed by atoms with Crippen molar-refractivity contribution in [2.45, 2.75) is 56.7 Å². The number of hydrogen-bond acceptors (Lipinski definition) is 7. The van der Waals surface area contributed by atoms with Gasteiger partial charge in [0.25, 0.3) is 0 Å². The van der Waals surface area contributed by atoms with E-state index in [0.29, 0.717) is 31.5 Å². The molecule has 0 spiro atoms. The Labute approximate surface area is 168 Å². The van der Waals surface area contributed by atoms with Crippen molar-refractivity contribution < 1.29 is 24.3 Å². The van der Waals surface area contributed by atoms with E-state index in [2.05, 4.69) is 20.6 Å². The third-order valence-electron chi connectivity index (χ3n) is 4.21. The molecule has 0 fully saturated rings. The fourth-order valence-electron chi connectivity index (χ4n) is 2.56. The van der Waals surface area contributed by atoms with Gasteiger partial charge in [0, 0.05) is 24.7 Å². The predicted octanol–water partition coefficient (Wildman–Crippen LogP) is -2.27. The van der Waals surface area contributed by atoms with Gasteiger partial charge in [-0.15, -0.1) is 0 Å². The smallest absolute Gasteiger partial charge is 0.326 e. The second-order valence-corrected chi connectivity index (χ2v) is 6.64. The molecule has 3 amide bonds. The molecule has 0 bridgehead atoms. The van der Waals surface area contributed by atoms with Gasteiger partial charge < -0.3 is 37.9 Å². The minimum atomic E-state index is -1.26. The number of aromatic amines is 1. The minimum absolute atomic E-state index is 0.0316. The number of carbonyl (C=O) groups excluding carboxylic acids is 3. The monoisotopic (exact) mass is 411 g/mol. The number of carbonyl (C=O) groups is 4. The Morgan fingerprint density at radius 1 is 1.10 bits per heavy atom. The maximum absolute atomic E-state index is 12.6. The standard InChI is InChI=1S/C17H29N7O5/c18-6-2-1-3-11(19)15(26)23-12(4-5-14(20)25)16(27)24-13(17(28)29)7-10-8-21-9-22-10/h8-9,11-13H,1-7,18-19H2,(H2,20,25)(H,21,22)(H,23,26)(H,24,27)(H,28,29). The first-order valence-electron chi connectivity index (χ1n) is 9.29. The normalized spacial score (nSPS) is 13.9. The van der Waals surface area contributed by atoms with Crippen LogP contribution in [0, 0.1) is 0 Å². The van der Waals surface area contributed by atoms with E-state index in [9.17, 15) is 24.3 Å². The molecule has 12 heteroatoms. The lowest BCUT2D eigenvalue weighted by Crippen LogP contribution is -2.55. The zero-order chi connectivity index (χ0) is 21.8. The Balaban J connectivity index is 2.77. The highest BCUT2D eigenvalue weighted by Gasteiger charge is 2.28. The van der Waals surface area contributed by atoms with Crippen LogP contribution in [0.15, 0.2) is 12.5 Å². The highest BCUT2D eigenvalue weighted by atomic mass is 16.4. The molecule has 0 radical (unpaired) electrons. The van der Waals surface area contributed by atoms with Crippen molar-refractivity contribution in [2.75, 3.05) is 6.54 Å². The summed E-state index contributed by atoms with van der Waals surface area (Å²) in [6.07, 6.45) is 4.28. The van der Waals surface area contributed by atoms with Gasteiger partial charge in [-0.3, -0.25) is 14.4 Å². The average molecular weight is 411 g/mol. The second kappa shape index (κ2) is 12.5. The van der Waals surface area contributed by atoms with Crippen molar-refractivity contribution in [3.63, 3.8) is 0 Å². The predicted molar refractivity (Wildman–Crippen MR) is 103 cm³/mol. The summed E-state index contributed by atoms with van der Waals surface area (Å²) in [4.78, 5) is 54.0. The summed E-state index contributed by atoms with van der Waals surface area (Å²) in [7, 11) is 0. The van der Waals surface area contributed by atoms with Crippen LogP contribution in [0.2, 0.25) is 0 Å². The first-order valence-corrected chi connectivity index (χ1v) is 9.29. The van der Waals surface area contributed by atoms with Gasteiger partial charge >= 0.3 is 5.97 Å². The van der Waals surface area contributed by atoms with E-state index in [1.165, 1.54) is 12.5 Å². The fraction of sp³-hybridized carbons (Fsp3) is 0.588. The first-order chi connectivity index (χ1) is 13.7. The largest absolute Gasteiger partial charge is 0.480 e. The Morgan fingerprint density at radius 3 is 2.34 bits per heavy atom. The number of imidazole rings is 1. The van der Waals surface area contributed by atoms with E-state index < -0.39 is 41.8 Å². The highest BCUT2D eigenvalue weighted by molar-refractivity contribution is 5.92. The molecule has 1 heterocycles. The SMILES string of the molecule is NCCCCC(N)C(=O)NC(CCC(N)=O)C(=O)NC(Cc1cnc[nH]1)C(=O)O. The number of nitrogens with two attached hydrogens (primary N) is 3. The zero-order valence-electron chi connectivity index (χ0n) is 16.1. The van der Waals surface area contributed by atoms with Crippen LogP contribution in [0.5, 0.6) is 0 Å². The van der Waals surface area contributed by atoms with E-state index in [-0.39, 0.29) is 19.3 Å². The highest BCUT2D eigenvalue weighted by Crippen LogP contribution is 2.04. The Kier molecular flexibility index (Phi) is 10.3. The number of hydrogen-bond donors (Lipinski definition) is 7. The van der Waals surface area contributed by atoms with Crippen molar-refractivity contribution in [1.82, 2.24) is 20.6 Å². The van der Waals surface area contributed by atoms with Crippen LogP contribution in [0.25, 0.3) is 0 Å². The van der Waals surface area contributed by atoms with E-state index in [0.717, 1.165) is 0 Å². The Hall–Kier alpha value is -2.99. The number of carboxylic acids is 1.